The molecule has 0 bridgehead atoms. The molecule has 1 aliphatic heterocycles. The van der Waals surface area contributed by atoms with E-state index in [9.17, 15) is 9.90 Å². The number of halogens is 1. The van der Waals surface area contributed by atoms with Gasteiger partial charge in [-0.25, -0.2) is 9.78 Å². The van der Waals surface area contributed by atoms with E-state index in [4.69, 9.17) is 11.6 Å². The fourth-order valence-electron chi connectivity index (χ4n) is 4.47. The Morgan fingerprint density at radius 2 is 1.81 bits per heavy atom. The number of nitrogens with zero attached hydrogens (tertiary/aromatic N) is 5. The second-order valence-corrected chi connectivity index (χ2v) is 8.79. The second-order valence-electron chi connectivity index (χ2n) is 8.40. The molecule has 7 nitrogen and oxygen atoms in total. The molecule has 0 amide bonds. The first-order valence-corrected chi connectivity index (χ1v) is 10.9. The van der Waals surface area contributed by atoms with Crippen LogP contribution >= 0.6 is 11.6 Å². The summed E-state index contributed by atoms with van der Waals surface area (Å²) in [5, 5.41) is 9.68. The zero-order valence-corrected chi connectivity index (χ0v) is 19.0. The molecule has 31 heavy (non-hydrogen) atoms. The number of anilines is 1. The van der Waals surface area contributed by atoms with Crippen LogP contribution < -0.4 is 10.6 Å². The first kappa shape index (κ1) is 21.7. The summed E-state index contributed by atoms with van der Waals surface area (Å²) in [7, 11) is 1.70. The Labute approximate surface area is 186 Å². The zero-order valence-electron chi connectivity index (χ0n) is 18.3. The third kappa shape index (κ3) is 4.05. The maximum atomic E-state index is 12.5. The van der Waals surface area contributed by atoms with Crippen molar-refractivity contribution in [2.24, 2.45) is 7.05 Å². The lowest BCUT2D eigenvalue weighted by Crippen LogP contribution is -2.57. The normalized spacial score (nSPS) is 20.9. The van der Waals surface area contributed by atoms with Gasteiger partial charge in [0.15, 0.2) is 5.82 Å². The van der Waals surface area contributed by atoms with E-state index in [0.29, 0.717) is 16.5 Å². The summed E-state index contributed by atoms with van der Waals surface area (Å²) in [6.45, 7) is 8.15. The molecule has 8 heteroatoms. The first-order valence-electron chi connectivity index (χ1n) is 10.6. The molecule has 3 heterocycles. The van der Waals surface area contributed by atoms with Gasteiger partial charge in [0.05, 0.1) is 12.1 Å². The number of pyridine rings is 1. The van der Waals surface area contributed by atoms with Gasteiger partial charge in [0.2, 0.25) is 0 Å². The molecule has 0 aliphatic carbocycles. The summed E-state index contributed by atoms with van der Waals surface area (Å²) < 4.78 is 1.50. The van der Waals surface area contributed by atoms with Crippen LogP contribution in [0.3, 0.4) is 0 Å². The van der Waals surface area contributed by atoms with Crippen molar-refractivity contribution in [2.75, 3.05) is 18.0 Å². The molecule has 0 radical (unpaired) electrons. The van der Waals surface area contributed by atoms with Crippen molar-refractivity contribution < 1.29 is 5.11 Å². The lowest BCUT2D eigenvalue weighted by Gasteiger charge is -2.47. The Morgan fingerprint density at radius 1 is 1.10 bits per heavy atom. The number of aryl methyl sites for hydroxylation is 1. The zero-order chi connectivity index (χ0) is 22.3. The second kappa shape index (κ2) is 8.57. The molecule has 0 saturated carbocycles. The third-order valence-electron chi connectivity index (χ3n) is 6.35. The van der Waals surface area contributed by atoms with E-state index in [2.05, 4.69) is 52.7 Å². The monoisotopic (exact) mass is 441 g/mol. The van der Waals surface area contributed by atoms with E-state index in [-0.39, 0.29) is 30.4 Å². The topological polar surface area (TPSA) is 74.5 Å². The summed E-state index contributed by atoms with van der Waals surface area (Å²) in [6.07, 6.45) is 0. The van der Waals surface area contributed by atoms with Crippen molar-refractivity contribution in [3.8, 4) is 0 Å². The van der Waals surface area contributed by atoms with Crippen molar-refractivity contribution in [1.82, 2.24) is 19.4 Å². The first-order chi connectivity index (χ1) is 14.8. The Morgan fingerprint density at radius 3 is 2.48 bits per heavy atom. The van der Waals surface area contributed by atoms with E-state index in [1.54, 1.807) is 13.1 Å². The quantitative estimate of drug-likeness (QED) is 0.627. The van der Waals surface area contributed by atoms with Gasteiger partial charge in [-0.2, -0.15) is 4.98 Å². The highest BCUT2D eigenvalue weighted by molar-refractivity contribution is 6.29. The van der Waals surface area contributed by atoms with Crippen LogP contribution in [-0.4, -0.2) is 49.7 Å². The number of fused-ring (bicyclic) bond motifs is 1. The highest BCUT2D eigenvalue weighted by Crippen LogP contribution is 2.31. The van der Waals surface area contributed by atoms with Gasteiger partial charge >= 0.3 is 5.69 Å². The van der Waals surface area contributed by atoms with Crippen molar-refractivity contribution in [3.05, 3.63) is 63.2 Å². The van der Waals surface area contributed by atoms with Crippen LogP contribution in [0.5, 0.6) is 0 Å². The minimum Gasteiger partial charge on any atom is -0.392 e. The number of hydrogen-bond acceptors (Lipinski definition) is 6. The molecule has 1 N–H and O–H groups in total. The molecule has 1 unspecified atom stereocenters. The summed E-state index contributed by atoms with van der Waals surface area (Å²) in [5.74, 6) is 0.597. The van der Waals surface area contributed by atoms with Crippen LogP contribution in [0.25, 0.3) is 11.0 Å². The van der Waals surface area contributed by atoms with Gasteiger partial charge in [-0.1, -0.05) is 35.9 Å². The lowest BCUT2D eigenvalue weighted by atomic mass is 10.00. The van der Waals surface area contributed by atoms with Gasteiger partial charge in [0, 0.05) is 38.3 Å². The van der Waals surface area contributed by atoms with Crippen LogP contribution in [0, 0.1) is 0 Å². The van der Waals surface area contributed by atoms with Crippen LogP contribution in [0.2, 0.25) is 5.15 Å². The maximum absolute atomic E-state index is 12.5. The Kier molecular flexibility index (Phi) is 6.01. The molecule has 0 spiro atoms. The van der Waals surface area contributed by atoms with Crippen LogP contribution in [0.4, 0.5) is 5.82 Å². The minimum atomic E-state index is -0.300. The van der Waals surface area contributed by atoms with E-state index in [0.717, 1.165) is 24.2 Å². The number of aromatic nitrogens is 3. The van der Waals surface area contributed by atoms with E-state index < -0.39 is 0 Å². The van der Waals surface area contributed by atoms with Crippen molar-refractivity contribution in [3.63, 3.8) is 0 Å². The van der Waals surface area contributed by atoms with Crippen LogP contribution in [-0.2, 0) is 13.7 Å². The number of rotatable bonds is 4. The minimum absolute atomic E-state index is 0.0519. The molecular weight excluding hydrogens is 414 g/mol. The fourth-order valence-corrected chi connectivity index (χ4v) is 4.61. The molecule has 1 aromatic carbocycles. The molecule has 3 aromatic rings. The predicted molar refractivity (Wildman–Crippen MR) is 124 cm³/mol. The molecular formula is C23H28ClN5O2. The van der Waals surface area contributed by atoms with Crippen molar-refractivity contribution in [1.29, 1.82) is 0 Å². The average molecular weight is 442 g/mol. The molecule has 1 saturated heterocycles. The van der Waals surface area contributed by atoms with Gasteiger partial charge < -0.3 is 10.0 Å². The molecule has 4 rings (SSSR count). The molecule has 164 valence electrons. The summed E-state index contributed by atoms with van der Waals surface area (Å²) >= 11 is 6.17. The highest BCUT2D eigenvalue weighted by Gasteiger charge is 2.34. The van der Waals surface area contributed by atoms with E-state index in [1.165, 1.54) is 10.1 Å². The molecule has 3 atom stereocenters. The Bertz CT molecular complexity index is 1150. The van der Waals surface area contributed by atoms with Crippen LogP contribution in [0.1, 0.15) is 37.9 Å². The average Bonchev–Trinajstić information content (AvgIpc) is 2.77. The lowest BCUT2D eigenvalue weighted by molar-refractivity contribution is 0.119. The van der Waals surface area contributed by atoms with Gasteiger partial charge in [0.1, 0.15) is 10.7 Å². The maximum Gasteiger partial charge on any atom is 0.349 e. The number of piperazine rings is 1. The number of aliphatic hydroxyl groups is 1. The largest absolute Gasteiger partial charge is 0.392 e. The van der Waals surface area contributed by atoms with Crippen molar-refractivity contribution >= 4 is 28.5 Å². The Balaban J connectivity index is 1.65. The van der Waals surface area contributed by atoms with Gasteiger partial charge in [0.25, 0.3) is 0 Å². The summed E-state index contributed by atoms with van der Waals surface area (Å²) in [4.78, 5) is 26.0. The summed E-state index contributed by atoms with van der Waals surface area (Å²) in [5.41, 5.74) is 3.20. The fraction of sp³-hybridized carbons (Fsp3) is 0.435. The van der Waals surface area contributed by atoms with Gasteiger partial charge in [-0.15, -0.1) is 0 Å². The number of aliphatic hydroxyl groups excluding tert-OH is 1. The third-order valence-corrected chi connectivity index (χ3v) is 6.56. The smallest absolute Gasteiger partial charge is 0.349 e. The SMILES string of the molecule is CC(c1ccc(CO)cc1)N1C[C@H](C)N(c2nc(=O)n(C)c3ccc(Cl)nc23)C[C@H]1C. The van der Waals surface area contributed by atoms with E-state index in [1.807, 2.05) is 18.2 Å². The van der Waals surface area contributed by atoms with E-state index >= 15 is 0 Å². The van der Waals surface area contributed by atoms with Crippen LogP contribution in [0.15, 0.2) is 41.2 Å². The predicted octanol–water partition coefficient (Wildman–Crippen LogP) is 3.13. The molecule has 1 aliphatic rings. The summed E-state index contributed by atoms with van der Waals surface area (Å²) in [6, 6.07) is 12.2. The molecule has 1 fully saturated rings. The van der Waals surface area contributed by atoms with Gasteiger partial charge in [-0.3, -0.25) is 9.47 Å². The number of benzene rings is 1. The standard InChI is InChI=1S/C23H28ClN5O2/c1-14-12-29(22-21-19(9-10-20(24)25-21)27(4)23(31)26-22)15(2)11-28(14)16(3)18-7-5-17(13-30)6-8-18/h5-10,14-16,30H,11-13H2,1-4H3/t14-,15+,16?/m1/s1. The van der Waals surface area contributed by atoms with Crippen molar-refractivity contribution in [2.45, 2.75) is 45.5 Å². The molecule has 2 aromatic heterocycles. The van der Waals surface area contributed by atoms with Gasteiger partial charge in [-0.05, 0) is 44.0 Å². The number of hydrogen-bond donors (Lipinski definition) is 1. The Hall–Kier alpha value is -2.48. The highest BCUT2D eigenvalue weighted by atomic mass is 35.5.